The Morgan fingerprint density at radius 3 is 1.71 bits per heavy atom. The number of carbonyl (C=O) groups is 1. The van der Waals surface area contributed by atoms with Gasteiger partial charge in [-0.2, -0.15) is 13.2 Å². The van der Waals surface area contributed by atoms with E-state index in [0.29, 0.717) is 0 Å². The van der Waals surface area contributed by atoms with Crippen LogP contribution in [-0.2, 0) is 4.79 Å². The van der Waals surface area contributed by atoms with Gasteiger partial charge in [-0.3, -0.25) is 0 Å². The third kappa shape index (κ3) is 6.96. The van der Waals surface area contributed by atoms with Crippen molar-refractivity contribution in [2.45, 2.75) is 6.18 Å². The second-order valence-corrected chi connectivity index (χ2v) is 2.07. The van der Waals surface area contributed by atoms with Crippen LogP contribution in [0.4, 0.5) is 13.2 Å². The zero-order chi connectivity index (χ0) is 11.0. The minimum atomic E-state index is -5.08. The number of alkyl halides is 3. The first-order chi connectivity index (χ1) is 6.44. The molecule has 0 fully saturated rings. The summed E-state index contributed by atoms with van der Waals surface area (Å²) in [5.41, 5.74) is 0. The molecule has 1 heterocycles. The summed E-state index contributed by atoms with van der Waals surface area (Å²) in [4.78, 5) is 8.90. The molecule has 0 saturated carbocycles. The van der Waals surface area contributed by atoms with Crippen LogP contribution in [0.25, 0.3) is 0 Å². The van der Waals surface area contributed by atoms with Crippen LogP contribution in [0, 0.1) is 0 Å². The van der Waals surface area contributed by atoms with Crippen molar-refractivity contribution in [3.8, 4) is 0 Å². The molecular weight excluding hydrogens is 199 g/mol. The predicted octanol–water partition coefficient (Wildman–Crippen LogP) is 1.81. The molecule has 0 aromatic carbocycles. The number of rotatable bonds is 0. The van der Waals surface area contributed by atoms with Crippen LogP contribution in [0.5, 0.6) is 0 Å². The average molecular weight is 207 g/mol. The van der Waals surface area contributed by atoms with Crippen molar-refractivity contribution in [3.63, 3.8) is 0 Å². The van der Waals surface area contributed by atoms with Crippen molar-refractivity contribution in [3.05, 3.63) is 36.7 Å². The first-order valence-corrected chi connectivity index (χ1v) is 3.49. The molecule has 14 heavy (non-hydrogen) atoms. The number of halogens is 3. The Morgan fingerprint density at radius 1 is 1.07 bits per heavy atom. The largest absolute Gasteiger partial charge is 0.490 e. The van der Waals surface area contributed by atoms with E-state index in [-0.39, 0.29) is 0 Å². The molecule has 6 heteroatoms. The standard InChI is InChI=1S/C6H7N.C2HF3O2/c1-2-4-6-7-5-3-1;3-2(4,5)1(6)7/h1-7H;(H,6,7). The number of carboxylic acid groups (broad SMARTS) is 1. The molecule has 1 aliphatic heterocycles. The van der Waals surface area contributed by atoms with Crippen LogP contribution in [0.2, 0.25) is 0 Å². The summed E-state index contributed by atoms with van der Waals surface area (Å²) in [5.74, 6) is -2.76. The number of nitrogens with one attached hydrogen (secondary N) is 1. The monoisotopic (exact) mass is 207 g/mol. The fourth-order valence-corrected chi connectivity index (χ4v) is 0.406. The van der Waals surface area contributed by atoms with Crippen molar-refractivity contribution < 1.29 is 23.1 Å². The molecule has 0 spiro atoms. The van der Waals surface area contributed by atoms with Crippen LogP contribution in [0.3, 0.4) is 0 Å². The van der Waals surface area contributed by atoms with E-state index in [1.165, 1.54) is 0 Å². The molecule has 1 aliphatic rings. The van der Waals surface area contributed by atoms with Crippen LogP contribution in [0.15, 0.2) is 36.7 Å². The first-order valence-electron chi connectivity index (χ1n) is 3.49. The Bertz CT molecular complexity index is 252. The molecule has 0 aromatic heterocycles. The lowest BCUT2D eigenvalue weighted by Gasteiger charge is -1.93. The summed E-state index contributed by atoms with van der Waals surface area (Å²) in [6.45, 7) is 0. The molecule has 0 aliphatic carbocycles. The summed E-state index contributed by atoms with van der Waals surface area (Å²) in [7, 11) is 0. The molecule has 0 saturated heterocycles. The number of hydrogen-bond acceptors (Lipinski definition) is 2. The van der Waals surface area contributed by atoms with E-state index >= 15 is 0 Å². The molecule has 0 aromatic rings. The number of aliphatic carboxylic acids is 1. The van der Waals surface area contributed by atoms with Gasteiger partial charge in [0.1, 0.15) is 0 Å². The van der Waals surface area contributed by atoms with E-state index in [1.807, 2.05) is 36.7 Å². The second kappa shape index (κ2) is 5.85. The zero-order valence-corrected chi connectivity index (χ0v) is 6.95. The number of carboxylic acids is 1. The SMILES string of the molecule is C1=CC=CNC=C1.O=C(O)C(F)(F)F. The Balaban J connectivity index is 0.000000241. The van der Waals surface area contributed by atoms with Gasteiger partial charge in [0.25, 0.3) is 0 Å². The van der Waals surface area contributed by atoms with Crippen molar-refractivity contribution in [1.29, 1.82) is 0 Å². The molecule has 1 rings (SSSR count). The second-order valence-electron chi connectivity index (χ2n) is 2.07. The van der Waals surface area contributed by atoms with Gasteiger partial charge in [-0.05, 0) is 12.2 Å². The van der Waals surface area contributed by atoms with Gasteiger partial charge >= 0.3 is 12.1 Å². The van der Waals surface area contributed by atoms with Crippen LogP contribution in [-0.4, -0.2) is 17.3 Å². The zero-order valence-electron chi connectivity index (χ0n) is 6.95. The minimum absolute atomic E-state index is 1.88. The highest BCUT2D eigenvalue weighted by molar-refractivity contribution is 5.73. The Labute approximate surface area is 78.2 Å². The smallest absolute Gasteiger partial charge is 0.475 e. The van der Waals surface area contributed by atoms with Crippen molar-refractivity contribution in [1.82, 2.24) is 5.32 Å². The van der Waals surface area contributed by atoms with Gasteiger partial charge in [-0.15, -0.1) is 0 Å². The predicted molar refractivity (Wildman–Crippen MR) is 44.2 cm³/mol. The molecule has 0 unspecified atom stereocenters. The van der Waals surface area contributed by atoms with E-state index < -0.39 is 12.1 Å². The molecule has 78 valence electrons. The van der Waals surface area contributed by atoms with E-state index in [4.69, 9.17) is 9.90 Å². The van der Waals surface area contributed by atoms with Crippen LogP contribution >= 0.6 is 0 Å². The van der Waals surface area contributed by atoms with Gasteiger partial charge in [-0.1, -0.05) is 12.2 Å². The summed E-state index contributed by atoms with van der Waals surface area (Å²) in [6.07, 6.45) is 6.49. The average Bonchev–Trinajstić information content (AvgIpc) is 2.33. The topological polar surface area (TPSA) is 49.3 Å². The lowest BCUT2D eigenvalue weighted by molar-refractivity contribution is -0.192. The van der Waals surface area contributed by atoms with E-state index in [1.54, 1.807) is 0 Å². The highest BCUT2D eigenvalue weighted by Crippen LogP contribution is 2.13. The third-order valence-corrected chi connectivity index (χ3v) is 0.961. The summed E-state index contributed by atoms with van der Waals surface area (Å²) in [5, 5.41) is 10.0. The van der Waals surface area contributed by atoms with Crippen molar-refractivity contribution in [2.75, 3.05) is 0 Å². The molecule has 3 nitrogen and oxygen atoms in total. The lowest BCUT2D eigenvalue weighted by Crippen LogP contribution is -2.21. The normalized spacial score (nSPS) is 13.6. The van der Waals surface area contributed by atoms with Gasteiger partial charge in [0.05, 0.1) is 0 Å². The van der Waals surface area contributed by atoms with Gasteiger partial charge in [0.15, 0.2) is 0 Å². The fraction of sp³-hybridized carbons (Fsp3) is 0.125. The Morgan fingerprint density at radius 2 is 1.43 bits per heavy atom. The summed E-state index contributed by atoms with van der Waals surface area (Å²) in [6, 6.07) is 0. The van der Waals surface area contributed by atoms with Crippen LogP contribution in [0.1, 0.15) is 0 Å². The molecular formula is C8H8F3NO2. The van der Waals surface area contributed by atoms with E-state index in [9.17, 15) is 13.2 Å². The highest BCUT2D eigenvalue weighted by Gasteiger charge is 2.38. The molecule has 0 atom stereocenters. The summed E-state index contributed by atoms with van der Waals surface area (Å²) < 4.78 is 31.7. The van der Waals surface area contributed by atoms with E-state index in [2.05, 4.69) is 5.32 Å². The van der Waals surface area contributed by atoms with Gasteiger partial charge in [0.2, 0.25) is 0 Å². The maximum atomic E-state index is 10.6. The summed E-state index contributed by atoms with van der Waals surface area (Å²) >= 11 is 0. The number of allylic oxidation sites excluding steroid dienone is 4. The minimum Gasteiger partial charge on any atom is -0.475 e. The van der Waals surface area contributed by atoms with Crippen molar-refractivity contribution >= 4 is 5.97 Å². The molecule has 0 amide bonds. The molecule has 0 radical (unpaired) electrons. The third-order valence-electron chi connectivity index (χ3n) is 0.961. The Hall–Kier alpha value is -1.72. The molecule has 2 N–H and O–H groups in total. The lowest BCUT2D eigenvalue weighted by atomic mass is 10.5. The fourth-order valence-electron chi connectivity index (χ4n) is 0.406. The quantitative estimate of drug-likeness (QED) is 0.636. The number of hydrogen-bond donors (Lipinski definition) is 2. The van der Waals surface area contributed by atoms with Crippen molar-refractivity contribution in [2.24, 2.45) is 0 Å². The van der Waals surface area contributed by atoms with Crippen LogP contribution < -0.4 is 5.32 Å². The van der Waals surface area contributed by atoms with Gasteiger partial charge in [-0.25, -0.2) is 4.79 Å². The first kappa shape index (κ1) is 12.3. The molecule has 0 bridgehead atoms. The Kier molecular flexibility index (Phi) is 5.13. The van der Waals surface area contributed by atoms with Gasteiger partial charge in [0, 0.05) is 12.4 Å². The maximum Gasteiger partial charge on any atom is 0.490 e. The highest BCUT2D eigenvalue weighted by atomic mass is 19.4. The van der Waals surface area contributed by atoms with E-state index in [0.717, 1.165) is 0 Å². The maximum absolute atomic E-state index is 10.6. The van der Waals surface area contributed by atoms with Gasteiger partial charge < -0.3 is 10.4 Å².